The van der Waals surface area contributed by atoms with Crippen LogP contribution in [0.4, 0.5) is 0 Å². The van der Waals surface area contributed by atoms with E-state index in [-0.39, 0.29) is 0 Å². The quantitative estimate of drug-likeness (QED) is 0.662. The monoisotopic (exact) mass is 201 g/mol. The van der Waals surface area contributed by atoms with Gasteiger partial charge in [0.25, 0.3) is 0 Å². The number of hydrogen-bond acceptors (Lipinski definition) is 0. The molecular weight excluding hydrogens is 182 g/mol. The summed E-state index contributed by atoms with van der Waals surface area (Å²) in [6, 6.07) is 8.93. The number of benzene rings is 1. The molecule has 80 valence electrons. The highest BCUT2D eigenvalue weighted by atomic mass is 14.9. The van der Waals surface area contributed by atoms with Crippen molar-refractivity contribution in [3.05, 3.63) is 36.0 Å². The molecule has 0 aliphatic heterocycles. The first-order valence-electron chi connectivity index (χ1n) is 5.50. The largest absolute Gasteiger partial charge is 0.351 e. The SMILES string of the molecule is Cn1ccc2ccc(CC(C)(C)C)cc21. The smallest absolute Gasteiger partial charge is 0.0480 e. The van der Waals surface area contributed by atoms with Crippen molar-refractivity contribution in [2.24, 2.45) is 12.5 Å². The van der Waals surface area contributed by atoms with Crippen molar-refractivity contribution in [2.75, 3.05) is 0 Å². The van der Waals surface area contributed by atoms with E-state index in [0.29, 0.717) is 5.41 Å². The molecule has 1 aromatic carbocycles. The maximum Gasteiger partial charge on any atom is 0.0480 e. The highest BCUT2D eigenvalue weighted by molar-refractivity contribution is 5.80. The number of nitrogens with zero attached hydrogens (tertiary/aromatic N) is 1. The Balaban J connectivity index is 2.42. The number of aryl methyl sites for hydroxylation is 1. The molecule has 0 aliphatic rings. The summed E-state index contributed by atoms with van der Waals surface area (Å²) in [6.07, 6.45) is 3.25. The molecule has 0 fully saturated rings. The molecule has 1 heteroatoms. The predicted molar refractivity (Wildman–Crippen MR) is 66.1 cm³/mol. The number of fused-ring (bicyclic) bond motifs is 1. The van der Waals surface area contributed by atoms with Crippen molar-refractivity contribution >= 4 is 10.9 Å². The van der Waals surface area contributed by atoms with Gasteiger partial charge < -0.3 is 4.57 Å². The standard InChI is InChI=1S/C14H19N/c1-14(2,3)10-11-5-6-12-7-8-15(4)13(12)9-11/h5-9H,10H2,1-4H3. The summed E-state index contributed by atoms with van der Waals surface area (Å²) >= 11 is 0. The fourth-order valence-electron chi connectivity index (χ4n) is 2.03. The summed E-state index contributed by atoms with van der Waals surface area (Å²) in [4.78, 5) is 0. The third-order valence-electron chi connectivity index (χ3n) is 2.69. The van der Waals surface area contributed by atoms with Gasteiger partial charge in [0.1, 0.15) is 0 Å². The summed E-state index contributed by atoms with van der Waals surface area (Å²) in [5, 5.41) is 1.33. The summed E-state index contributed by atoms with van der Waals surface area (Å²) in [5.74, 6) is 0. The van der Waals surface area contributed by atoms with Crippen LogP contribution in [0.1, 0.15) is 26.3 Å². The Morgan fingerprint density at radius 3 is 2.53 bits per heavy atom. The van der Waals surface area contributed by atoms with Gasteiger partial charge >= 0.3 is 0 Å². The lowest BCUT2D eigenvalue weighted by Gasteiger charge is -2.18. The number of aromatic nitrogens is 1. The molecule has 0 radical (unpaired) electrons. The molecule has 0 amide bonds. The Labute approximate surface area is 91.7 Å². The summed E-state index contributed by atoms with van der Waals surface area (Å²) in [7, 11) is 2.10. The maximum absolute atomic E-state index is 2.31. The second-order valence-corrected chi connectivity index (χ2v) is 5.56. The van der Waals surface area contributed by atoms with Crippen LogP contribution in [-0.4, -0.2) is 4.57 Å². The van der Waals surface area contributed by atoms with Crippen molar-refractivity contribution in [1.29, 1.82) is 0 Å². The minimum Gasteiger partial charge on any atom is -0.351 e. The van der Waals surface area contributed by atoms with E-state index in [1.807, 2.05) is 0 Å². The van der Waals surface area contributed by atoms with Crippen molar-refractivity contribution < 1.29 is 0 Å². The van der Waals surface area contributed by atoms with Gasteiger partial charge in [0.2, 0.25) is 0 Å². The van der Waals surface area contributed by atoms with Gasteiger partial charge in [-0.1, -0.05) is 32.9 Å². The molecule has 1 aromatic heterocycles. The fourth-order valence-corrected chi connectivity index (χ4v) is 2.03. The van der Waals surface area contributed by atoms with Crippen LogP contribution in [0.2, 0.25) is 0 Å². The summed E-state index contributed by atoms with van der Waals surface area (Å²) < 4.78 is 2.18. The zero-order valence-corrected chi connectivity index (χ0v) is 10.0. The van der Waals surface area contributed by atoms with Crippen LogP contribution in [0.25, 0.3) is 10.9 Å². The van der Waals surface area contributed by atoms with Gasteiger partial charge in [-0.15, -0.1) is 0 Å². The highest BCUT2D eigenvalue weighted by Gasteiger charge is 2.11. The molecule has 0 unspecified atom stereocenters. The molecule has 0 saturated carbocycles. The van der Waals surface area contributed by atoms with Crippen LogP contribution < -0.4 is 0 Å². The third kappa shape index (κ3) is 2.23. The van der Waals surface area contributed by atoms with Crippen molar-refractivity contribution in [1.82, 2.24) is 4.57 Å². The first-order chi connectivity index (χ1) is 6.96. The second-order valence-electron chi connectivity index (χ2n) is 5.56. The minimum atomic E-state index is 0.360. The molecule has 1 nitrogen and oxygen atoms in total. The van der Waals surface area contributed by atoms with Crippen LogP contribution in [0.15, 0.2) is 30.5 Å². The Morgan fingerprint density at radius 2 is 1.87 bits per heavy atom. The molecule has 2 aromatic rings. The summed E-state index contributed by atoms with van der Waals surface area (Å²) in [5.41, 5.74) is 3.12. The van der Waals surface area contributed by atoms with E-state index >= 15 is 0 Å². The van der Waals surface area contributed by atoms with Crippen molar-refractivity contribution in [3.63, 3.8) is 0 Å². The Morgan fingerprint density at radius 1 is 1.13 bits per heavy atom. The number of rotatable bonds is 1. The van der Waals surface area contributed by atoms with Crippen molar-refractivity contribution in [3.8, 4) is 0 Å². The van der Waals surface area contributed by atoms with E-state index in [1.165, 1.54) is 16.5 Å². The van der Waals surface area contributed by atoms with E-state index in [9.17, 15) is 0 Å². The van der Waals surface area contributed by atoms with Gasteiger partial charge in [-0.25, -0.2) is 0 Å². The minimum absolute atomic E-state index is 0.360. The van der Waals surface area contributed by atoms with Gasteiger partial charge in [-0.2, -0.15) is 0 Å². The molecule has 1 heterocycles. The predicted octanol–water partition coefficient (Wildman–Crippen LogP) is 3.77. The summed E-state index contributed by atoms with van der Waals surface area (Å²) in [6.45, 7) is 6.84. The second kappa shape index (κ2) is 3.41. The molecule has 0 atom stereocenters. The van der Waals surface area contributed by atoms with E-state index in [1.54, 1.807) is 0 Å². The molecule has 0 N–H and O–H groups in total. The fraction of sp³-hybridized carbons (Fsp3) is 0.429. The molecular formula is C14H19N. The first kappa shape index (κ1) is 10.3. The van der Waals surface area contributed by atoms with Gasteiger partial charge in [-0.3, -0.25) is 0 Å². The molecule has 0 bridgehead atoms. The normalized spacial score (nSPS) is 12.3. The van der Waals surface area contributed by atoms with Crippen molar-refractivity contribution in [2.45, 2.75) is 27.2 Å². The van der Waals surface area contributed by atoms with Gasteiger partial charge in [-0.05, 0) is 34.9 Å². The molecule has 0 spiro atoms. The molecule has 0 saturated heterocycles. The van der Waals surface area contributed by atoms with E-state index in [2.05, 4.69) is 62.8 Å². The van der Waals surface area contributed by atoms with Crippen LogP contribution in [-0.2, 0) is 13.5 Å². The van der Waals surface area contributed by atoms with E-state index in [0.717, 1.165) is 6.42 Å². The maximum atomic E-state index is 2.31. The van der Waals surface area contributed by atoms with Crippen LogP contribution in [0.3, 0.4) is 0 Å². The topological polar surface area (TPSA) is 4.93 Å². The highest BCUT2D eigenvalue weighted by Crippen LogP contribution is 2.23. The average Bonchev–Trinajstić information content (AvgIpc) is 2.45. The number of hydrogen-bond donors (Lipinski definition) is 0. The Hall–Kier alpha value is -1.24. The average molecular weight is 201 g/mol. The van der Waals surface area contributed by atoms with E-state index < -0.39 is 0 Å². The lowest BCUT2D eigenvalue weighted by molar-refractivity contribution is 0.411. The van der Waals surface area contributed by atoms with Gasteiger partial charge in [0, 0.05) is 18.8 Å². The van der Waals surface area contributed by atoms with Gasteiger partial charge in [0.15, 0.2) is 0 Å². The molecule has 0 aliphatic carbocycles. The van der Waals surface area contributed by atoms with Crippen LogP contribution >= 0.6 is 0 Å². The van der Waals surface area contributed by atoms with Crippen LogP contribution in [0, 0.1) is 5.41 Å². The Kier molecular flexibility index (Phi) is 2.34. The van der Waals surface area contributed by atoms with E-state index in [4.69, 9.17) is 0 Å². The lowest BCUT2D eigenvalue weighted by Crippen LogP contribution is -2.08. The third-order valence-corrected chi connectivity index (χ3v) is 2.69. The first-order valence-corrected chi connectivity index (χ1v) is 5.50. The zero-order chi connectivity index (χ0) is 11.1. The Bertz CT molecular complexity index is 472. The lowest BCUT2D eigenvalue weighted by atomic mass is 9.88. The van der Waals surface area contributed by atoms with Gasteiger partial charge in [0.05, 0.1) is 0 Å². The molecule has 15 heavy (non-hydrogen) atoms. The molecule has 2 rings (SSSR count). The van der Waals surface area contributed by atoms with Crippen LogP contribution in [0.5, 0.6) is 0 Å². The zero-order valence-electron chi connectivity index (χ0n) is 10.0.